The predicted octanol–water partition coefficient (Wildman–Crippen LogP) is -0.574. The van der Waals surface area contributed by atoms with Gasteiger partial charge in [0.15, 0.2) is 5.82 Å². The Kier molecular flexibility index (Phi) is 5.08. The van der Waals surface area contributed by atoms with Crippen LogP contribution < -0.4 is 10.5 Å². The largest absolute Gasteiger partial charge is 0.339 e. The minimum atomic E-state index is -3.45. The van der Waals surface area contributed by atoms with Gasteiger partial charge < -0.3 is 10.3 Å². The van der Waals surface area contributed by atoms with E-state index in [1.165, 1.54) is 4.31 Å². The molecule has 1 aromatic heterocycles. The van der Waals surface area contributed by atoms with E-state index in [-0.39, 0.29) is 12.5 Å². The monoisotopic (exact) mass is 303 g/mol. The molecule has 1 unspecified atom stereocenters. The number of rotatable bonds is 6. The Hall–Kier alpha value is -1.03. The molecule has 0 saturated carbocycles. The maximum absolute atomic E-state index is 12.1. The zero-order chi connectivity index (χ0) is 14.6. The van der Waals surface area contributed by atoms with Gasteiger partial charge in [-0.05, 0) is 32.2 Å². The van der Waals surface area contributed by atoms with Crippen LogP contribution >= 0.6 is 0 Å². The van der Waals surface area contributed by atoms with Gasteiger partial charge in [0.05, 0.1) is 0 Å². The van der Waals surface area contributed by atoms with Crippen LogP contribution in [-0.4, -0.2) is 49.0 Å². The van der Waals surface area contributed by atoms with Gasteiger partial charge >= 0.3 is 0 Å². The van der Waals surface area contributed by atoms with E-state index in [0.717, 1.165) is 12.8 Å². The molecule has 0 bridgehead atoms. The molecule has 0 aliphatic carbocycles. The third-order valence-electron chi connectivity index (χ3n) is 3.35. The summed E-state index contributed by atoms with van der Waals surface area (Å²) in [4.78, 5) is 4.03. The molecule has 1 aliphatic heterocycles. The van der Waals surface area contributed by atoms with Crippen molar-refractivity contribution < 1.29 is 12.9 Å². The van der Waals surface area contributed by atoms with Gasteiger partial charge in [-0.2, -0.15) is 17.7 Å². The molecule has 1 aromatic rings. The first-order chi connectivity index (χ1) is 9.51. The normalized spacial score (nSPS) is 21.2. The molecule has 0 amide bonds. The van der Waals surface area contributed by atoms with Gasteiger partial charge in [-0.1, -0.05) is 5.16 Å². The molecule has 0 aromatic carbocycles. The summed E-state index contributed by atoms with van der Waals surface area (Å²) in [5.74, 6) is 1.23. The van der Waals surface area contributed by atoms with Crippen molar-refractivity contribution in [3.63, 3.8) is 0 Å². The van der Waals surface area contributed by atoms with Crippen molar-refractivity contribution in [2.24, 2.45) is 11.7 Å². The molecule has 3 N–H and O–H groups in total. The van der Waals surface area contributed by atoms with Crippen LogP contribution in [0.15, 0.2) is 4.52 Å². The third kappa shape index (κ3) is 3.98. The summed E-state index contributed by atoms with van der Waals surface area (Å²) in [7, 11) is -3.45. The Morgan fingerprint density at radius 1 is 1.55 bits per heavy atom. The van der Waals surface area contributed by atoms with Crippen LogP contribution in [0.3, 0.4) is 0 Å². The highest BCUT2D eigenvalue weighted by Crippen LogP contribution is 2.17. The van der Waals surface area contributed by atoms with Gasteiger partial charge in [0.25, 0.3) is 10.2 Å². The fraction of sp³-hybridized carbons (Fsp3) is 0.818. The summed E-state index contributed by atoms with van der Waals surface area (Å²) >= 11 is 0. The number of aryl methyl sites for hydroxylation is 1. The van der Waals surface area contributed by atoms with Crippen LogP contribution in [-0.2, 0) is 16.6 Å². The average Bonchev–Trinajstić information content (AvgIpc) is 2.84. The first kappa shape index (κ1) is 15.4. The SMILES string of the molecule is Cc1noc(CCNS(=O)(=O)N2CCCC(CN)C2)n1. The lowest BCUT2D eigenvalue weighted by atomic mass is 10.0. The van der Waals surface area contributed by atoms with Gasteiger partial charge in [-0.15, -0.1) is 0 Å². The standard InChI is InChI=1S/C11H21N5O3S/c1-9-14-11(19-15-9)4-5-13-20(17,18)16-6-2-3-10(7-12)8-16/h10,13H,2-8,12H2,1H3. The van der Waals surface area contributed by atoms with E-state index in [0.29, 0.717) is 37.8 Å². The molecule has 9 heteroatoms. The van der Waals surface area contributed by atoms with Crippen LogP contribution in [0.2, 0.25) is 0 Å². The molecule has 1 atom stereocenters. The van der Waals surface area contributed by atoms with Gasteiger partial charge in [0, 0.05) is 26.1 Å². The molecule has 0 radical (unpaired) electrons. The number of hydrogen-bond acceptors (Lipinski definition) is 6. The maximum Gasteiger partial charge on any atom is 0.279 e. The van der Waals surface area contributed by atoms with E-state index in [4.69, 9.17) is 10.3 Å². The second-order valence-corrected chi connectivity index (χ2v) is 6.74. The Bertz CT molecular complexity index is 530. The summed E-state index contributed by atoms with van der Waals surface area (Å²) in [6.07, 6.45) is 2.23. The van der Waals surface area contributed by atoms with Crippen molar-refractivity contribution in [3.05, 3.63) is 11.7 Å². The highest BCUT2D eigenvalue weighted by Gasteiger charge is 2.27. The van der Waals surface area contributed by atoms with E-state index in [2.05, 4.69) is 14.9 Å². The molecular weight excluding hydrogens is 282 g/mol. The molecule has 8 nitrogen and oxygen atoms in total. The smallest absolute Gasteiger partial charge is 0.279 e. The van der Waals surface area contributed by atoms with Crippen LogP contribution in [0.25, 0.3) is 0 Å². The van der Waals surface area contributed by atoms with Crippen LogP contribution in [0, 0.1) is 12.8 Å². The minimum Gasteiger partial charge on any atom is -0.339 e. The van der Waals surface area contributed by atoms with Gasteiger partial charge in [0.2, 0.25) is 5.89 Å². The van der Waals surface area contributed by atoms with Gasteiger partial charge in [0.1, 0.15) is 0 Å². The summed E-state index contributed by atoms with van der Waals surface area (Å²) in [5.41, 5.74) is 5.62. The van der Waals surface area contributed by atoms with Crippen molar-refractivity contribution in [1.29, 1.82) is 0 Å². The van der Waals surface area contributed by atoms with E-state index in [1.54, 1.807) is 6.92 Å². The zero-order valence-corrected chi connectivity index (χ0v) is 12.4. The first-order valence-electron chi connectivity index (χ1n) is 6.75. The predicted molar refractivity (Wildman–Crippen MR) is 73.0 cm³/mol. The summed E-state index contributed by atoms with van der Waals surface area (Å²) < 4.78 is 33.3. The van der Waals surface area contributed by atoms with Crippen LogP contribution in [0.5, 0.6) is 0 Å². The van der Waals surface area contributed by atoms with Crippen molar-refractivity contribution in [2.45, 2.75) is 26.2 Å². The molecule has 1 aliphatic rings. The lowest BCUT2D eigenvalue weighted by Crippen LogP contribution is -2.47. The zero-order valence-electron chi connectivity index (χ0n) is 11.6. The number of aromatic nitrogens is 2. The molecule has 20 heavy (non-hydrogen) atoms. The Labute approximate surface area is 118 Å². The molecule has 1 saturated heterocycles. The first-order valence-corrected chi connectivity index (χ1v) is 8.19. The lowest BCUT2D eigenvalue weighted by molar-refractivity contribution is 0.268. The number of hydrogen-bond donors (Lipinski definition) is 2. The Balaban J connectivity index is 1.84. The fourth-order valence-corrected chi connectivity index (χ4v) is 3.58. The van der Waals surface area contributed by atoms with Crippen LogP contribution in [0.1, 0.15) is 24.6 Å². The second-order valence-electron chi connectivity index (χ2n) is 4.99. The van der Waals surface area contributed by atoms with E-state index in [1.807, 2.05) is 0 Å². The van der Waals surface area contributed by atoms with Crippen molar-refractivity contribution >= 4 is 10.2 Å². The van der Waals surface area contributed by atoms with Crippen molar-refractivity contribution in [1.82, 2.24) is 19.2 Å². The lowest BCUT2D eigenvalue weighted by Gasteiger charge is -2.31. The molecular formula is C11H21N5O3S. The van der Waals surface area contributed by atoms with Crippen molar-refractivity contribution in [3.8, 4) is 0 Å². The van der Waals surface area contributed by atoms with Crippen LogP contribution in [0.4, 0.5) is 0 Å². The minimum absolute atomic E-state index is 0.244. The number of nitrogens with two attached hydrogens (primary N) is 1. The fourth-order valence-electron chi connectivity index (χ4n) is 2.26. The number of nitrogens with one attached hydrogen (secondary N) is 1. The molecule has 2 rings (SSSR count). The Morgan fingerprint density at radius 3 is 3.00 bits per heavy atom. The van der Waals surface area contributed by atoms with Gasteiger partial charge in [-0.3, -0.25) is 0 Å². The molecule has 1 fully saturated rings. The Morgan fingerprint density at radius 2 is 2.35 bits per heavy atom. The van der Waals surface area contributed by atoms with E-state index in [9.17, 15) is 8.42 Å². The third-order valence-corrected chi connectivity index (χ3v) is 4.93. The molecule has 0 spiro atoms. The summed E-state index contributed by atoms with van der Waals surface area (Å²) in [6.45, 7) is 3.52. The summed E-state index contributed by atoms with van der Waals surface area (Å²) in [6, 6.07) is 0. The highest BCUT2D eigenvalue weighted by molar-refractivity contribution is 7.87. The number of nitrogens with zero attached hydrogens (tertiary/aromatic N) is 3. The van der Waals surface area contributed by atoms with E-state index >= 15 is 0 Å². The topological polar surface area (TPSA) is 114 Å². The van der Waals surface area contributed by atoms with Gasteiger partial charge in [-0.25, -0.2) is 4.72 Å². The van der Waals surface area contributed by atoms with E-state index < -0.39 is 10.2 Å². The number of piperidine rings is 1. The second kappa shape index (κ2) is 6.61. The quantitative estimate of drug-likeness (QED) is 0.727. The highest BCUT2D eigenvalue weighted by atomic mass is 32.2. The molecule has 114 valence electrons. The average molecular weight is 303 g/mol. The van der Waals surface area contributed by atoms with Crippen molar-refractivity contribution in [2.75, 3.05) is 26.2 Å². The molecule has 2 heterocycles. The maximum atomic E-state index is 12.1. The summed E-state index contributed by atoms with van der Waals surface area (Å²) in [5, 5.41) is 3.65.